The number of anilines is 1. The highest BCUT2D eigenvalue weighted by molar-refractivity contribution is 5.91. The van der Waals surface area contributed by atoms with Gasteiger partial charge in [0.1, 0.15) is 5.75 Å². The third kappa shape index (κ3) is 3.78. The number of carboxylic acid groups (broad SMARTS) is 1. The Balaban J connectivity index is 1.94. The van der Waals surface area contributed by atoms with Crippen LogP contribution >= 0.6 is 0 Å². The molecule has 0 bridgehead atoms. The average Bonchev–Trinajstić information content (AvgIpc) is 2.54. The minimum atomic E-state index is -1.09. The molecular weight excluding hydrogens is 304 g/mol. The highest BCUT2D eigenvalue weighted by Crippen LogP contribution is 2.29. The Labute approximate surface area is 142 Å². The maximum absolute atomic E-state index is 10.9. The van der Waals surface area contributed by atoms with Crippen LogP contribution in [0, 0.1) is 0 Å². The van der Waals surface area contributed by atoms with Crippen LogP contribution in [-0.4, -0.2) is 26.2 Å². The van der Waals surface area contributed by atoms with Crippen molar-refractivity contribution in [1.29, 1.82) is 0 Å². The summed E-state index contributed by atoms with van der Waals surface area (Å²) in [5, 5.41) is 11.9. The van der Waals surface area contributed by atoms with Crippen molar-refractivity contribution in [3.63, 3.8) is 0 Å². The van der Waals surface area contributed by atoms with E-state index >= 15 is 0 Å². The van der Waals surface area contributed by atoms with Crippen LogP contribution < -0.4 is 19.7 Å². The number of nitrogens with one attached hydrogen (secondary N) is 1. The van der Waals surface area contributed by atoms with Gasteiger partial charge in [0, 0.05) is 26.2 Å². The van der Waals surface area contributed by atoms with Crippen LogP contribution in [0.15, 0.2) is 24.3 Å². The number of aliphatic carboxylic acids is 1. The standard InChI is InChI=1S/C19H24N2O3/c1-21(2)18-10-13(11-19(22)23)20-17-9-8-15(12-16(17)18)24-14-6-4-3-5-7-14/h8-10,12,14H,3-7,11H2,1-2H3,(H,22,23). The van der Waals surface area contributed by atoms with E-state index in [-0.39, 0.29) is 6.42 Å². The zero-order chi connectivity index (χ0) is 17.1. The Kier molecular flexibility index (Phi) is 4.88. The smallest absolute Gasteiger partial charge is 0.213 e. The van der Waals surface area contributed by atoms with Gasteiger partial charge in [0.25, 0.3) is 0 Å². The molecule has 0 unspecified atom stereocenters. The number of ether oxygens (including phenoxy) is 1. The minimum absolute atomic E-state index is 0.128. The molecule has 0 radical (unpaired) electrons. The Bertz CT molecular complexity index is 737. The van der Waals surface area contributed by atoms with Crippen LogP contribution in [0.5, 0.6) is 5.75 Å². The van der Waals surface area contributed by atoms with Crippen molar-refractivity contribution in [2.45, 2.75) is 44.6 Å². The van der Waals surface area contributed by atoms with Crippen molar-refractivity contribution < 1.29 is 19.6 Å². The predicted molar refractivity (Wildman–Crippen MR) is 91.0 cm³/mol. The number of H-pyrrole nitrogens is 1. The second-order valence-electron chi connectivity index (χ2n) is 6.71. The van der Waals surface area contributed by atoms with E-state index < -0.39 is 5.97 Å². The Morgan fingerprint density at radius 3 is 2.67 bits per heavy atom. The van der Waals surface area contributed by atoms with Crippen LogP contribution in [-0.2, 0) is 11.2 Å². The highest BCUT2D eigenvalue weighted by Gasteiger charge is 2.18. The van der Waals surface area contributed by atoms with Gasteiger partial charge in [-0.15, -0.1) is 0 Å². The van der Waals surface area contributed by atoms with Gasteiger partial charge in [-0.25, -0.2) is 4.98 Å². The normalized spacial score (nSPS) is 15.4. The van der Waals surface area contributed by atoms with Gasteiger partial charge in [-0.2, -0.15) is 0 Å². The number of rotatable bonds is 5. The maximum atomic E-state index is 10.9. The van der Waals surface area contributed by atoms with Crippen molar-refractivity contribution in [3.8, 4) is 5.75 Å². The summed E-state index contributed by atoms with van der Waals surface area (Å²) in [6, 6.07) is 7.82. The zero-order valence-electron chi connectivity index (χ0n) is 14.3. The predicted octanol–water partition coefficient (Wildman–Crippen LogP) is 1.72. The number of carboxylic acids is 1. The Hall–Kier alpha value is -2.30. The van der Waals surface area contributed by atoms with E-state index in [1.54, 1.807) is 0 Å². The number of carbonyl (C=O) groups is 1. The molecule has 24 heavy (non-hydrogen) atoms. The summed E-state index contributed by atoms with van der Waals surface area (Å²) in [6.07, 6.45) is 6.20. The van der Waals surface area contributed by atoms with Gasteiger partial charge in [0.05, 0.1) is 29.6 Å². The lowest BCUT2D eigenvalue weighted by Crippen LogP contribution is -2.28. The second kappa shape index (κ2) is 7.07. The van der Waals surface area contributed by atoms with E-state index in [0.717, 1.165) is 35.2 Å². The molecule has 1 aromatic carbocycles. The van der Waals surface area contributed by atoms with Gasteiger partial charge in [-0.3, -0.25) is 0 Å². The van der Waals surface area contributed by atoms with Gasteiger partial charge < -0.3 is 19.5 Å². The fraction of sp³-hybridized carbons (Fsp3) is 0.474. The van der Waals surface area contributed by atoms with Gasteiger partial charge in [-0.05, 0) is 37.8 Å². The molecule has 5 nitrogen and oxygen atoms in total. The third-order valence-electron chi connectivity index (χ3n) is 4.54. The summed E-state index contributed by atoms with van der Waals surface area (Å²) >= 11 is 0. The first-order valence-corrected chi connectivity index (χ1v) is 8.56. The monoisotopic (exact) mass is 328 g/mol. The fourth-order valence-electron chi connectivity index (χ4n) is 3.37. The minimum Gasteiger partial charge on any atom is -0.550 e. The molecule has 1 aliphatic rings. The number of hydrogen-bond donors (Lipinski definition) is 0. The van der Waals surface area contributed by atoms with E-state index in [1.807, 2.05) is 43.3 Å². The summed E-state index contributed by atoms with van der Waals surface area (Å²) in [5.74, 6) is -0.217. The summed E-state index contributed by atoms with van der Waals surface area (Å²) in [7, 11) is 3.90. The molecule has 0 saturated heterocycles. The fourth-order valence-corrected chi connectivity index (χ4v) is 3.37. The lowest BCUT2D eigenvalue weighted by molar-refractivity contribution is -0.361. The molecule has 0 amide bonds. The quantitative estimate of drug-likeness (QED) is 0.838. The first kappa shape index (κ1) is 16.6. The van der Waals surface area contributed by atoms with Crippen LogP contribution in [0.4, 0.5) is 5.69 Å². The molecule has 1 aromatic heterocycles. The lowest BCUT2D eigenvalue weighted by atomic mass is 9.98. The lowest BCUT2D eigenvalue weighted by Gasteiger charge is -2.23. The molecule has 1 heterocycles. The van der Waals surface area contributed by atoms with Crippen molar-refractivity contribution in [2.75, 3.05) is 19.0 Å². The number of carbonyl (C=O) groups excluding carboxylic acids is 1. The van der Waals surface area contributed by atoms with Crippen LogP contribution in [0.3, 0.4) is 0 Å². The summed E-state index contributed by atoms with van der Waals surface area (Å²) in [4.78, 5) is 16.1. The summed E-state index contributed by atoms with van der Waals surface area (Å²) < 4.78 is 6.16. The van der Waals surface area contributed by atoms with Crippen molar-refractivity contribution >= 4 is 22.6 Å². The molecular formula is C19H24N2O3. The van der Waals surface area contributed by atoms with Crippen molar-refractivity contribution in [1.82, 2.24) is 0 Å². The van der Waals surface area contributed by atoms with E-state index in [9.17, 15) is 9.90 Å². The second-order valence-corrected chi connectivity index (χ2v) is 6.71. The van der Waals surface area contributed by atoms with Gasteiger partial charge in [-0.1, -0.05) is 6.42 Å². The maximum Gasteiger partial charge on any atom is 0.213 e. The van der Waals surface area contributed by atoms with Gasteiger partial charge in [0.2, 0.25) is 5.52 Å². The number of aromatic nitrogens is 1. The van der Waals surface area contributed by atoms with Crippen molar-refractivity contribution in [2.24, 2.45) is 0 Å². The zero-order valence-corrected chi connectivity index (χ0v) is 14.3. The van der Waals surface area contributed by atoms with Crippen LogP contribution in [0.2, 0.25) is 0 Å². The number of pyridine rings is 1. The number of aromatic amines is 1. The summed E-state index contributed by atoms with van der Waals surface area (Å²) in [6.45, 7) is 0. The molecule has 0 atom stereocenters. The van der Waals surface area contributed by atoms with E-state index in [1.165, 1.54) is 19.3 Å². The third-order valence-corrected chi connectivity index (χ3v) is 4.54. The number of hydrogen-bond acceptors (Lipinski definition) is 4. The van der Waals surface area contributed by atoms with Crippen LogP contribution in [0.25, 0.3) is 10.9 Å². The molecule has 1 saturated carbocycles. The van der Waals surface area contributed by atoms with Crippen LogP contribution in [0.1, 0.15) is 37.8 Å². The molecule has 3 rings (SSSR count). The highest BCUT2D eigenvalue weighted by atomic mass is 16.5. The first-order valence-electron chi connectivity index (χ1n) is 8.56. The first-order chi connectivity index (χ1) is 11.5. The SMILES string of the molecule is CN(C)c1cc(CC(=O)[O-])[nH+]c2ccc(OC3CCCCC3)cc12. The van der Waals surface area contributed by atoms with E-state index in [4.69, 9.17) is 4.74 Å². The number of benzene rings is 1. The molecule has 1 aliphatic carbocycles. The van der Waals surface area contributed by atoms with Gasteiger partial charge in [0.15, 0.2) is 5.69 Å². The Morgan fingerprint density at radius 2 is 2.00 bits per heavy atom. The molecule has 5 heteroatoms. The van der Waals surface area contributed by atoms with Gasteiger partial charge >= 0.3 is 0 Å². The van der Waals surface area contributed by atoms with E-state index in [0.29, 0.717) is 11.8 Å². The molecule has 2 aromatic rings. The number of nitrogens with zero attached hydrogens (tertiary/aromatic N) is 1. The molecule has 0 spiro atoms. The number of fused-ring (bicyclic) bond motifs is 1. The molecule has 1 N–H and O–H groups in total. The topological polar surface area (TPSA) is 66.7 Å². The molecule has 128 valence electrons. The molecule has 0 aliphatic heterocycles. The average molecular weight is 328 g/mol. The molecule has 1 fully saturated rings. The van der Waals surface area contributed by atoms with Crippen molar-refractivity contribution in [3.05, 3.63) is 30.0 Å². The largest absolute Gasteiger partial charge is 0.550 e. The Morgan fingerprint density at radius 1 is 1.25 bits per heavy atom. The summed E-state index contributed by atoms with van der Waals surface area (Å²) in [5.41, 5.74) is 2.50. The van der Waals surface area contributed by atoms with E-state index in [2.05, 4.69) is 4.98 Å².